The first kappa shape index (κ1) is 27.8. The summed E-state index contributed by atoms with van der Waals surface area (Å²) in [6, 6.07) is 9.07. The minimum atomic E-state index is -1.23. The van der Waals surface area contributed by atoms with E-state index >= 15 is 0 Å². The van der Waals surface area contributed by atoms with Gasteiger partial charge < -0.3 is 24.8 Å². The van der Waals surface area contributed by atoms with Gasteiger partial charge in [-0.25, -0.2) is 9.78 Å². The molecule has 38 heavy (non-hydrogen) atoms. The molecule has 0 bridgehead atoms. The summed E-state index contributed by atoms with van der Waals surface area (Å²) in [5.74, 6) is 2.31. The summed E-state index contributed by atoms with van der Waals surface area (Å²) in [6.07, 6.45) is 5.34. The van der Waals surface area contributed by atoms with Crippen molar-refractivity contribution in [3.05, 3.63) is 41.7 Å². The predicted octanol–water partition coefficient (Wildman–Crippen LogP) is 5.92. The van der Waals surface area contributed by atoms with Gasteiger partial charge in [0.05, 0.1) is 43.5 Å². The second-order valence-electron chi connectivity index (χ2n) is 11.2. The number of aryl methyl sites for hydroxylation is 1. The molecule has 1 fully saturated rings. The van der Waals surface area contributed by atoms with Crippen LogP contribution < -0.4 is 20.1 Å². The molecule has 0 spiro atoms. The maximum absolute atomic E-state index is 12.4. The molecule has 1 aromatic carbocycles. The number of carbonyl (C=O) groups excluding carboxylic acids is 1. The highest BCUT2D eigenvalue weighted by molar-refractivity contribution is 6.76. The van der Waals surface area contributed by atoms with Crippen LogP contribution in [0.5, 0.6) is 11.5 Å². The van der Waals surface area contributed by atoms with Crippen LogP contribution in [0.25, 0.3) is 10.9 Å². The fraction of sp³-hybridized carbons (Fsp3) is 0.536. The predicted molar refractivity (Wildman–Crippen MR) is 153 cm³/mol. The van der Waals surface area contributed by atoms with Crippen molar-refractivity contribution in [2.24, 2.45) is 0 Å². The molecule has 1 aliphatic rings. The number of anilines is 1. The van der Waals surface area contributed by atoms with Crippen LogP contribution in [0, 0.1) is 6.92 Å². The highest BCUT2D eigenvalue weighted by Crippen LogP contribution is 2.34. The molecule has 2 heterocycles. The number of fused-ring (bicyclic) bond motifs is 1. The summed E-state index contributed by atoms with van der Waals surface area (Å²) in [5, 5.41) is 12.5. The maximum Gasteiger partial charge on any atom is 0.407 e. The molecule has 2 N–H and O–H groups in total. The lowest BCUT2D eigenvalue weighted by Crippen LogP contribution is -2.39. The summed E-state index contributed by atoms with van der Waals surface area (Å²) >= 11 is 0. The highest BCUT2D eigenvalue weighted by Gasteiger charge is 2.28. The van der Waals surface area contributed by atoms with E-state index in [0.29, 0.717) is 13.2 Å². The minimum Gasteiger partial charge on any atom is -0.497 e. The first-order valence-corrected chi connectivity index (χ1v) is 17.1. The zero-order valence-electron chi connectivity index (χ0n) is 23.5. The quantitative estimate of drug-likeness (QED) is 0.309. The van der Waals surface area contributed by atoms with E-state index in [9.17, 15) is 4.79 Å². The Bertz CT molecular complexity index is 1260. The lowest BCUT2D eigenvalue weighted by molar-refractivity contribution is 0.141. The molecular formula is C28H41N5O4Si. The van der Waals surface area contributed by atoms with Crippen molar-refractivity contribution < 1.29 is 19.0 Å². The van der Waals surface area contributed by atoms with Gasteiger partial charge in [0.1, 0.15) is 17.3 Å². The monoisotopic (exact) mass is 539 g/mol. The maximum atomic E-state index is 12.4. The number of rotatable bonds is 10. The van der Waals surface area contributed by atoms with E-state index in [4.69, 9.17) is 19.3 Å². The van der Waals surface area contributed by atoms with Gasteiger partial charge in [0.15, 0.2) is 0 Å². The average molecular weight is 540 g/mol. The molecule has 0 aliphatic heterocycles. The van der Waals surface area contributed by atoms with Crippen LogP contribution >= 0.6 is 0 Å². The van der Waals surface area contributed by atoms with E-state index in [2.05, 4.69) is 39.9 Å². The zero-order valence-corrected chi connectivity index (χ0v) is 24.5. The van der Waals surface area contributed by atoms with Gasteiger partial charge in [-0.2, -0.15) is 5.10 Å². The van der Waals surface area contributed by atoms with Gasteiger partial charge in [0, 0.05) is 38.5 Å². The number of nitrogens with one attached hydrogen (secondary N) is 2. The second kappa shape index (κ2) is 12.1. The molecule has 2 aromatic heterocycles. The third-order valence-electron chi connectivity index (χ3n) is 7.14. The van der Waals surface area contributed by atoms with Crippen molar-refractivity contribution >= 4 is 30.9 Å². The van der Waals surface area contributed by atoms with Gasteiger partial charge in [-0.15, -0.1) is 0 Å². The van der Waals surface area contributed by atoms with Crippen molar-refractivity contribution in [1.29, 1.82) is 0 Å². The number of alkyl carbamates (subject to hydrolysis) is 1. The number of pyridine rings is 1. The molecule has 10 heteroatoms. The summed E-state index contributed by atoms with van der Waals surface area (Å²) in [4.78, 5) is 17.0. The SMILES string of the molecule is COc1ccc(CNc2nccc3c2c(C)nn3[C@@H]2CCC[C@@H](NC(=O)OCC[Si](C)(C)C)C2)c(OC)c1. The summed E-state index contributed by atoms with van der Waals surface area (Å²) in [6.45, 7) is 9.91. The number of nitrogens with zero attached hydrogens (tertiary/aromatic N) is 3. The first-order valence-electron chi connectivity index (χ1n) is 13.4. The Kier molecular flexibility index (Phi) is 8.81. The molecule has 4 rings (SSSR count). The number of hydrogen-bond acceptors (Lipinski definition) is 7. The number of ether oxygens (including phenoxy) is 3. The Balaban J connectivity index is 1.45. The Morgan fingerprint density at radius 1 is 1.16 bits per heavy atom. The normalized spacial score (nSPS) is 17.7. The largest absolute Gasteiger partial charge is 0.497 e. The summed E-state index contributed by atoms with van der Waals surface area (Å²) < 4.78 is 18.5. The standard InChI is InChI=1S/C28H41N5O4Si/c1-19-26-24(12-13-29-27(26)30-18-20-10-11-23(35-2)17-25(20)36-3)33(32-19)22-9-7-8-21(16-22)31-28(34)37-14-15-38(4,5)6/h10-13,17,21-22H,7-9,14-16,18H2,1-6H3,(H,29,30)(H,31,34)/t21-,22-/m1/s1. The smallest absolute Gasteiger partial charge is 0.407 e. The van der Waals surface area contributed by atoms with Crippen LogP contribution in [0.1, 0.15) is 43.0 Å². The van der Waals surface area contributed by atoms with Crippen molar-refractivity contribution in [3.63, 3.8) is 0 Å². The van der Waals surface area contributed by atoms with Gasteiger partial charge in [-0.05, 0) is 56.9 Å². The lowest BCUT2D eigenvalue weighted by Gasteiger charge is -2.30. The minimum absolute atomic E-state index is 0.0784. The molecular weight excluding hydrogens is 498 g/mol. The Hall–Kier alpha value is -3.27. The third kappa shape index (κ3) is 6.78. The molecule has 206 valence electrons. The third-order valence-corrected chi connectivity index (χ3v) is 8.84. The number of carbonyl (C=O) groups is 1. The molecule has 3 aromatic rings. The molecule has 1 saturated carbocycles. The number of amides is 1. The topological polar surface area (TPSA) is 99.5 Å². The molecule has 0 unspecified atom stereocenters. The highest BCUT2D eigenvalue weighted by atomic mass is 28.3. The summed E-state index contributed by atoms with van der Waals surface area (Å²) in [7, 11) is 2.07. The average Bonchev–Trinajstić information content (AvgIpc) is 3.23. The Morgan fingerprint density at radius 2 is 1.97 bits per heavy atom. The van der Waals surface area contributed by atoms with E-state index in [0.717, 1.165) is 71.2 Å². The van der Waals surface area contributed by atoms with Crippen LogP contribution in [0.15, 0.2) is 30.5 Å². The van der Waals surface area contributed by atoms with Crippen LogP contribution in [0.3, 0.4) is 0 Å². The van der Waals surface area contributed by atoms with E-state index in [-0.39, 0.29) is 18.2 Å². The molecule has 1 amide bonds. The number of hydrogen-bond donors (Lipinski definition) is 2. The second-order valence-corrected chi connectivity index (χ2v) is 16.8. The van der Waals surface area contributed by atoms with Gasteiger partial charge in [-0.1, -0.05) is 19.6 Å². The fourth-order valence-electron chi connectivity index (χ4n) is 5.03. The number of methoxy groups -OCH3 is 2. The molecule has 1 aliphatic carbocycles. The molecule has 0 radical (unpaired) electrons. The molecule has 0 saturated heterocycles. The van der Waals surface area contributed by atoms with Crippen molar-refractivity contribution in [1.82, 2.24) is 20.1 Å². The van der Waals surface area contributed by atoms with E-state index in [1.807, 2.05) is 37.4 Å². The summed E-state index contributed by atoms with van der Waals surface area (Å²) in [5.41, 5.74) is 2.98. The van der Waals surface area contributed by atoms with Crippen molar-refractivity contribution in [3.8, 4) is 11.5 Å². The van der Waals surface area contributed by atoms with Crippen LogP contribution in [0.4, 0.5) is 10.6 Å². The first-order chi connectivity index (χ1) is 18.2. The van der Waals surface area contributed by atoms with E-state index in [1.165, 1.54) is 0 Å². The number of aromatic nitrogens is 3. The van der Waals surface area contributed by atoms with Gasteiger partial charge in [0.25, 0.3) is 0 Å². The van der Waals surface area contributed by atoms with Crippen molar-refractivity contribution in [2.45, 2.75) is 76.9 Å². The van der Waals surface area contributed by atoms with Gasteiger partial charge >= 0.3 is 6.09 Å². The lowest BCUT2D eigenvalue weighted by atomic mass is 9.91. The van der Waals surface area contributed by atoms with E-state index < -0.39 is 8.07 Å². The van der Waals surface area contributed by atoms with Crippen LogP contribution in [-0.4, -0.2) is 55.8 Å². The van der Waals surface area contributed by atoms with Crippen LogP contribution in [-0.2, 0) is 11.3 Å². The van der Waals surface area contributed by atoms with Crippen LogP contribution in [0.2, 0.25) is 25.7 Å². The molecule has 9 nitrogen and oxygen atoms in total. The van der Waals surface area contributed by atoms with Gasteiger partial charge in [-0.3, -0.25) is 4.68 Å². The number of benzene rings is 1. The van der Waals surface area contributed by atoms with E-state index in [1.54, 1.807) is 14.2 Å². The Morgan fingerprint density at radius 3 is 2.71 bits per heavy atom. The Labute approximate surface area is 226 Å². The fourth-order valence-corrected chi connectivity index (χ4v) is 5.74. The zero-order chi connectivity index (χ0) is 27.3. The molecule has 2 atom stereocenters. The van der Waals surface area contributed by atoms with Crippen molar-refractivity contribution in [2.75, 3.05) is 26.1 Å². The van der Waals surface area contributed by atoms with Gasteiger partial charge in [0.2, 0.25) is 0 Å².